The Labute approximate surface area is 100 Å². The number of halogens is 1. The van der Waals surface area contributed by atoms with Crippen LogP contribution in [0.15, 0.2) is 17.0 Å². The largest absolute Gasteiger partial charge is 0.481 e. The van der Waals surface area contributed by atoms with Crippen molar-refractivity contribution in [3.05, 3.63) is 26.8 Å². The van der Waals surface area contributed by atoms with Crippen LogP contribution >= 0.6 is 35.2 Å². The zero-order valence-electron chi connectivity index (χ0n) is 6.99. The predicted molar refractivity (Wildman–Crippen MR) is 62.5 cm³/mol. The summed E-state index contributed by atoms with van der Waals surface area (Å²) in [5.41, 5.74) is 0.933. The van der Waals surface area contributed by atoms with E-state index in [4.69, 9.17) is 10.4 Å². The summed E-state index contributed by atoms with van der Waals surface area (Å²) in [6.07, 6.45) is -0.143. The molecule has 0 unspecified atom stereocenters. The number of hydrogen-bond acceptors (Lipinski definition) is 3. The lowest BCUT2D eigenvalue weighted by atomic mass is 10.1. The number of thiol groups is 1. The Bertz CT molecular complexity index is 426. The molecule has 0 bridgehead atoms. The van der Waals surface area contributed by atoms with Gasteiger partial charge in [0.15, 0.2) is 0 Å². The molecule has 72 valence electrons. The number of carboxylic acids is 1. The zero-order chi connectivity index (χ0) is 10.7. The van der Waals surface area contributed by atoms with E-state index in [1.807, 2.05) is 28.7 Å². The van der Waals surface area contributed by atoms with Gasteiger partial charge in [-0.3, -0.25) is 4.79 Å². The van der Waals surface area contributed by atoms with E-state index >= 15 is 0 Å². The van der Waals surface area contributed by atoms with Crippen molar-refractivity contribution in [3.8, 4) is 6.07 Å². The summed E-state index contributed by atoms with van der Waals surface area (Å²) < 4.78 is 0.729. The molecule has 3 nitrogen and oxygen atoms in total. The molecule has 0 heterocycles. The Hall–Kier alpha value is -0.740. The third-order valence-corrected chi connectivity index (χ3v) is 3.70. The minimum absolute atomic E-state index is 0.143. The highest BCUT2D eigenvalue weighted by molar-refractivity contribution is 14.1. The van der Waals surface area contributed by atoms with E-state index in [-0.39, 0.29) is 6.42 Å². The van der Waals surface area contributed by atoms with Gasteiger partial charge >= 0.3 is 5.97 Å². The fraction of sp³-hybridized carbons (Fsp3) is 0.111. The van der Waals surface area contributed by atoms with Crippen LogP contribution in [0.25, 0.3) is 0 Å². The van der Waals surface area contributed by atoms with Crippen LogP contribution in [-0.4, -0.2) is 11.1 Å². The highest BCUT2D eigenvalue weighted by Gasteiger charge is 2.12. The first-order chi connectivity index (χ1) is 6.56. The van der Waals surface area contributed by atoms with Gasteiger partial charge < -0.3 is 5.11 Å². The maximum Gasteiger partial charge on any atom is 0.307 e. The highest BCUT2D eigenvalue weighted by atomic mass is 127. The maximum absolute atomic E-state index is 10.6. The van der Waals surface area contributed by atoms with E-state index in [1.165, 1.54) is 0 Å². The Balaban J connectivity index is 3.29. The summed E-state index contributed by atoms with van der Waals surface area (Å²) in [6, 6.07) is 5.24. The smallest absolute Gasteiger partial charge is 0.307 e. The highest BCUT2D eigenvalue weighted by Crippen LogP contribution is 2.24. The number of nitrogens with zero attached hydrogens (tertiary/aromatic N) is 1. The summed E-state index contributed by atoms with van der Waals surface area (Å²) in [5.74, 6) is -0.946. The molecule has 0 fully saturated rings. The van der Waals surface area contributed by atoms with Crippen molar-refractivity contribution >= 4 is 41.2 Å². The number of carboxylic acid groups (broad SMARTS) is 1. The van der Waals surface area contributed by atoms with Crippen LogP contribution in [0.4, 0.5) is 0 Å². The summed E-state index contributed by atoms with van der Waals surface area (Å²) in [7, 11) is 0. The van der Waals surface area contributed by atoms with Crippen molar-refractivity contribution < 1.29 is 9.90 Å². The Morgan fingerprint density at radius 1 is 1.64 bits per heavy atom. The first kappa shape index (κ1) is 11.3. The minimum Gasteiger partial charge on any atom is -0.481 e. The molecule has 0 aliphatic heterocycles. The number of benzene rings is 1. The van der Waals surface area contributed by atoms with Crippen LogP contribution in [-0.2, 0) is 11.2 Å². The number of hydrogen-bond donors (Lipinski definition) is 2. The molecular weight excluding hydrogens is 313 g/mol. The van der Waals surface area contributed by atoms with Gasteiger partial charge in [0, 0.05) is 8.47 Å². The van der Waals surface area contributed by atoms with Crippen LogP contribution in [0.3, 0.4) is 0 Å². The van der Waals surface area contributed by atoms with Gasteiger partial charge in [-0.25, -0.2) is 0 Å². The zero-order valence-corrected chi connectivity index (χ0v) is 10.0. The first-order valence-corrected chi connectivity index (χ1v) is 5.21. The second-order valence-electron chi connectivity index (χ2n) is 2.61. The molecule has 1 rings (SSSR count). The van der Waals surface area contributed by atoms with Gasteiger partial charge in [0.1, 0.15) is 0 Å². The molecule has 0 atom stereocenters. The second kappa shape index (κ2) is 4.66. The summed E-state index contributed by atoms with van der Waals surface area (Å²) in [5, 5.41) is 17.4. The van der Waals surface area contributed by atoms with Crippen LogP contribution in [0.1, 0.15) is 11.1 Å². The van der Waals surface area contributed by atoms with E-state index in [0.29, 0.717) is 16.0 Å². The number of rotatable bonds is 2. The Kier molecular flexibility index (Phi) is 3.77. The SMILES string of the molecule is N#Cc1ccc(S)c(I)c1CC(=O)O. The van der Waals surface area contributed by atoms with Crippen molar-refractivity contribution in [1.82, 2.24) is 0 Å². The monoisotopic (exact) mass is 319 g/mol. The van der Waals surface area contributed by atoms with Gasteiger partial charge in [-0.2, -0.15) is 5.26 Å². The molecule has 0 aliphatic rings. The molecule has 1 aromatic rings. The standard InChI is InChI=1S/C9H6INO2S/c10-9-6(3-8(12)13)5(4-11)1-2-7(9)14/h1-2,14H,3H2,(H,12,13). The summed E-state index contributed by atoms with van der Waals surface area (Å²) >= 11 is 6.16. The van der Waals surface area contributed by atoms with Gasteiger partial charge in [0.25, 0.3) is 0 Å². The van der Waals surface area contributed by atoms with E-state index < -0.39 is 5.97 Å². The minimum atomic E-state index is -0.946. The number of carbonyl (C=O) groups is 1. The van der Waals surface area contributed by atoms with Crippen molar-refractivity contribution in [1.29, 1.82) is 5.26 Å². The fourth-order valence-corrected chi connectivity index (χ4v) is 1.91. The van der Waals surface area contributed by atoms with E-state index in [1.54, 1.807) is 12.1 Å². The lowest BCUT2D eigenvalue weighted by Crippen LogP contribution is -2.05. The number of nitriles is 1. The molecule has 14 heavy (non-hydrogen) atoms. The van der Waals surface area contributed by atoms with Crippen molar-refractivity contribution in [2.45, 2.75) is 11.3 Å². The first-order valence-electron chi connectivity index (χ1n) is 3.68. The molecule has 1 aromatic carbocycles. The van der Waals surface area contributed by atoms with Gasteiger partial charge in [-0.05, 0) is 40.3 Å². The molecule has 1 N–H and O–H groups in total. The number of aliphatic carboxylic acids is 1. The topological polar surface area (TPSA) is 61.1 Å². The van der Waals surface area contributed by atoms with Crippen LogP contribution < -0.4 is 0 Å². The summed E-state index contributed by atoms with van der Waals surface area (Å²) in [6.45, 7) is 0. The molecular formula is C9H6INO2S. The molecule has 0 aromatic heterocycles. The molecule has 0 saturated carbocycles. The molecule has 0 saturated heterocycles. The van der Waals surface area contributed by atoms with Gasteiger partial charge in [0.05, 0.1) is 18.1 Å². The van der Waals surface area contributed by atoms with Crippen LogP contribution in [0.2, 0.25) is 0 Å². The van der Waals surface area contributed by atoms with E-state index in [0.717, 1.165) is 3.57 Å². The van der Waals surface area contributed by atoms with Crippen molar-refractivity contribution in [3.63, 3.8) is 0 Å². The third kappa shape index (κ3) is 2.39. The molecule has 0 spiro atoms. The third-order valence-electron chi connectivity index (χ3n) is 1.67. The predicted octanol–water partition coefficient (Wildman–Crippen LogP) is 2.08. The normalized spacial score (nSPS) is 9.50. The second-order valence-corrected chi connectivity index (χ2v) is 4.17. The quantitative estimate of drug-likeness (QED) is 0.648. The molecule has 0 radical (unpaired) electrons. The van der Waals surface area contributed by atoms with Crippen molar-refractivity contribution in [2.75, 3.05) is 0 Å². The summed E-state index contributed by atoms with van der Waals surface area (Å²) in [4.78, 5) is 11.3. The molecule has 0 amide bonds. The van der Waals surface area contributed by atoms with Crippen LogP contribution in [0.5, 0.6) is 0 Å². The Morgan fingerprint density at radius 3 is 2.79 bits per heavy atom. The average molecular weight is 319 g/mol. The molecule has 5 heteroatoms. The fourth-order valence-electron chi connectivity index (χ4n) is 1.04. The van der Waals surface area contributed by atoms with Crippen molar-refractivity contribution in [2.24, 2.45) is 0 Å². The lowest BCUT2D eigenvalue weighted by molar-refractivity contribution is -0.136. The van der Waals surface area contributed by atoms with Gasteiger partial charge in [0.2, 0.25) is 0 Å². The Morgan fingerprint density at radius 2 is 2.29 bits per heavy atom. The van der Waals surface area contributed by atoms with Gasteiger partial charge in [-0.15, -0.1) is 12.6 Å². The van der Waals surface area contributed by atoms with E-state index in [2.05, 4.69) is 12.6 Å². The average Bonchev–Trinajstić information content (AvgIpc) is 2.13. The lowest BCUT2D eigenvalue weighted by Gasteiger charge is -2.06. The van der Waals surface area contributed by atoms with Gasteiger partial charge in [-0.1, -0.05) is 0 Å². The van der Waals surface area contributed by atoms with Crippen LogP contribution in [0, 0.1) is 14.9 Å². The maximum atomic E-state index is 10.6. The molecule has 0 aliphatic carbocycles. The van der Waals surface area contributed by atoms with E-state index in [9.17, 15) is 4.79 Å².